The van der Waals surface area contributed by atoms with Gasteiger partial charge in [-0.3, -0.25) is 9.59 Å². The van der Waals surface area contributed by atoms with E-state index in [1.807, 2.05) is 12.1 Å². The predicted molar refractivity (Wildman–Crippen MR) is 62.8 cm³/mol. The molecule has 1 heterocycles. The van der Waals surface area contributed by atoms with Gasteiger partial charge in [0.15, 0.2) is 11.3 Å². The van der Waals surface area contributed by atoms with E-state index in [1.165, 1.54) is 6.92 Å². The number of azo groups is 1. The number of rotatable bonds is 5. The highest BCUT2D eigenvalue weighted by molar-refractivity contribution is 6.01. The van der Waals surface area contributed by atoms with Crippen LogP contribution >= 0.6 is 0 Å². The minimum absolute atomic E-state index is 0.0556. The first-order valence-electron chi connectivity index (χ1n) is 5.82. The molecule has 0 fully saturated rings. The zero-order chi connectivity index (χ0) is 14.6. The third kappa shape index (κ3) is 3.35. The van der Waals surface area contributed by atoms with Crippen molar-refractivity contribution in [3.8, 4) is 12.1 Å². The molecule has 0 aromatic carbocycles. The quantitative estimate of drug-likeness (QED) is 0.747. The lowest BCUT2D eigenvalue weighted by Gasteiger charge is -2.15. The van der Waals surface area contributed by atoms with Gasteiger partial charge in [0.1, 0.15) is 12.0 Å². The lowest BCUT2D eigenvalue weighted by Crippen LogP contribution is -2.34. The molecule has 7 heteroatoms. The number of carboxylic acids is 1. The van der Waals surface area contributed by atoms with Gasteiger partial charge in [-0.25, -0.2) is 0 Å². The van der Waals surface area contributed by atoms with Crippen molar-refractivity contribution in [2.24, 2.45) is 22.1 Å². The van der Waals surface area contributed by atoms with E-state index in [-0.39, 0.29) is 12.8 Å². The van der Waals surface area contributed by atoms with Gasteiger partial charge in [-0.15, -0.1) is 0 Å². The van der Waals surface area contributed by atoms with Crippen LogP contribution in [0.3, 0.4) is 0 Å². The number of Topliss-reactive ketones (excluding diaryl/α,β-unsaturated/α-hetero) is 1. The molecular weight excluding hydrogens is 248 g/mol. The molecule has 0 saturated carbocycles. The Hall–Kier alpha value is -2.28. The molecule has 0 radical (unpaired) electrons. The Morgan fingerprint density at radius 3 is 2.58 bits per heavy atom. The van der Waals surface area contributed by atoms with Crippen molar-refractivity contribution in [2.75, 3.05) is 0 Å². The molecule has 0 spiro atoms. The van der Waals surface area contributed by atoms with Crippen LogP contribution < -0.4 is 0 Å². The molecule has 0 aromatic rings. The topological polar surface area (TPSA) is 127 Å². The van der Waals surface area contributed by atoms with Crippen LogP contribution in [0.2, 0.25) is 0 Å². The highest BCUT2D eigenvalue weighted by Crippen LogP contribution is 2.29. The second-order valence-electron chi connectivity index (χ2n) is 4.88. The second-order valence-corrected chi connectivity index (χ2v) is 4.88. The van der Waals surface area contributed by atoms with Crippen LogP contribution in [-0.2, 0) is 9.59 Å². The van der Waals surface area contributed by atoms with Crippen LogP contribution in [0.5, 0.6) is 0 Å². The first-order valence-corrected chi connectivity index (χ1v) is 5.82. The van der Waals surface area contributed by atoms with Crippen molar-refractivity contribution in [2.45, 2.75) is 38.3 Å². The molecule has 100 valence electrons. The summed E-state index contributed by atoms with van der Waals surface area (Å²) in [6.45, 7) is 3.09. The number of aliphatic carboxylic acids is 1. The smallest absolute Gasteiger partial charge is 0.314 e. The Kier molecular flexibility index (Phi) is 4.34. The number of nitriles is 2. The summed E-state index contributed by atoms with van der Waals surface area (Å²) in [5.41, 5.74) is -1.07. The molecule has 1 N–H and O–H groups in total. The van der Waals surface area contributed by atoms with Gasteiger partial charge in [-0.05, 0) is 20.3 Å². The Bertz CT molecular complexity index is 502. The second kappa shape index (κ2) is 5.57. The fraction of sp³-hybridized carbons (Fsp3) is 0.667. The summed E-state index contributed by atoms with van der Waals surface area (Å²) < 4.78 is 0. The molecular formula is C12H14N4O3. The standard InChI is InChI=1S/C12H14N4O3/c1-7(5-13)3-8(11(18)19)10(17)9-4-12(2,6-14)16-15-9/h7-9H,3-4H2,1-2H3,(H,18,19). The fourth-order valence-electron chi connectivity index (χ4n) is 1.86. The summed E-state index contributed by atoms with van der Waals surface area (Å²) in [5, 5.41) is 34.1. The molecule has 0 saturated heterocycles. The Balaban J connectivity index is 2.81. The Morgan fingerprint density at radius 2 is 2.16 bits per heavy atom. The third-order valence-electron chi connectivity index (χ3n) is 3.03. The summed E-state index contributed by atoms with van der Waals surface area (Å²) in [7, 11) is 0. The van der Waals surface area contributed by atoms with Crippen LogP contribution in [-0.4, -0.2) is 28.4 Å². The third-order valence-corrected chi connectivity index (χ3v) is 3.03. The van der Waals surface area contributed by atoms with Gasteiger partial charge in [0.2, 0.25) is 0 Å². The average Bonchev–Trinajstić information content (AvgIpc) is 2.78. The van der Waals surface area contributed by atoms with E-state index in [0.29, 0.717) is 0 Å². The molecule has 0 aromatic heterocycles. The summed E-state index contributed by atoms with van der Waals surface area (Å²) in [4.78, 5) is 23.2. The monoisotopic (exact) mass is 262 g/mol. The minimum atomic E-state index is -1.28. The van der Waals surface area contributed by atoms with E-state index >= 15 is 0 Å². The van der Waals surface area contributed by atoms with E-state index in [0.717, 1.165) is 0 Å². The highest BCUT2D eigenvalue weighted by atomic mass is 16.4. The first kappa shape index (κ1) is 14.8. The fourth-order valence-corrected chi connectivity index (χ4v) is 1.86. The summed E-state index contributed by atoms with van der Waals surface area (Å²) >= 11 is 0. The van der Waals surface area contributed by atoms with Gasteiger partial charge in [0.05, 0.1) is 12.1 Å². The lowest BCUT2D eigenvalue weighted by atomic mass is 9.86. The van der Waals surface area contributed by atoms with E-state index in [4.69, 9.17) is 15.6 Å². The number of carbonyl (C=O) groups is 2. The van der Waals surface area contributed by atoms with Crippen molar-refractivity contribution in [3.63, 3.8) is 0 Å². The number of carboxylic acid groups (broad SMARTS) is 1. The van der Waals surface area contributed by atoms with E-state index in [9.17, 15) is 9.59 Å². The SMILES string of the molecule is CC(C#N)CC(C(=O)O)C(=O)C1CC(C)(C#N)N=N1. The zero-order valence-electron chi connectivity index (χ0n) is 10.7. The Morgan fingerprint density at radius 1 is 1.53 bits per heavy atom. The van der Waals surface area contributed by atoms with E-state index in [1.54, 1.807) is 6.92 Å². The van der Waals surface area contributed by atoms with E-state index < -0.39 is 35.2 Å². The van der Waals surface area contributed by atoms with Crippen molar-refractivity contribution >= 4 is 11.8 Å². The van der Waals surface area contributed by atoms with Gasteiger partial charge >= 0.3 is 5.97 Å². The molecule has 4 unspecified atom stereocenters. The van der Waals surface area contributed by atoms with Crippen LogP contribution in [0.25, 0.3) is 0 Å². The van der Waals surface area contributed by atoms with Crippen LogP contribution in [0.15, 0.2) is 10.2 Å². The van der Waals surface area contributed by atoms with Crippen molar-refractivity contribution in [3.05, 3.63) is 0 Å². The normalized spacial score (nSPS) is 28.1. The van der Waals surface area contributed by atoms with Crippen LogP contribution in [0.4, 0.5) is 0 Å². The largest absolute Gasteiger partial charge is 0.481 e. The Labute approximate surface area is 110 Å². The molecule has 1 aliphatic rings. The molecule has 4 atom stereocenters. The van der Waals surface area contributed by atoms with Crippen molar-refractivity contribution in [1.29, 1.82) is 10.5 Å². The number of nitrogens with zero attached hydrogens (tertiary/aromatic N) is 4. The van der Waals surface area contributed by atoms with Gasteiger partial charge in [0.25, 0.3) is 0 Å². The lowest BCUT2D eigenvalue weighted by molar-refractivity contribution is -0.147. The van der Waals surface area contributed by atoms with Crippen molar-refractivity contribution < 1.29 is 14.7 Å². The van der Waals surface area contributed by atoms with Gasteiger partial charge < -0.3 is 5.11 Å². The number of hydrogen-bond donors (Lipinski definition) is 1. The number of carbonyl (C=O) groups excluding carboxylic acids is 1. The molecule has 1 aliphatic heterocycles. The highest BCUT2D eigenvalue weighted by Gasteiger charge is 2.41. The van der Waals surface area contributed by atoms with Crippen molar-refractivity contribution in [1.82, 2.24) is 0 Å². The maximum absolute atomic E-state index is 12.1. The predicted octanol–water partition coefficient (Wildman–Crippen LogP) is 1.31. The number of ketones is 1. The van der Waals surface area contributed by atoms with Crippen LogP contribution in [0.1, 0.15) is 26.7 Å². The van der Waals surface area contributed by atoms with Gasteiger partial charge in [-0.2, -0.15) is 20.8 Å². The summed E-state index contributed by atoms with van der Waals surface area (Å²) in [6, 6.07) is 2.93. The van der Waals surface area contributed by atoms with E-state index in [2.05, 4.69) is 10.2 Å². The maximum Gasteiger partial charge on any atom is 0.314 e. The van der Waals surface area contributed by atoms with Crippen LogP contribution in [0, 0.1) is 34.5 Å². The van der Waals surface area contributed by atoms with Gasteiger partial charge in [0, 0.05) is 12.3 Å². The minimum Gasteiger partial charge on any atom is -0.481 e. The molecule has 7 nitrogen and oxygen atoms in total. The van der Waals surface area contributed by atoms with Gasteiger partial charge in [-0.1, -0.05) is 0 Å². The zero-order valence-corrected chi connectivity index (χ0v) is 10.7. The molecule has 1 rings (SSSR count). The molecule has 0 aliphatic carbocycles. The number of hydrogen-bond acceptors (Lipinski definition) is 6. The average molecular weight is 262 g/mol. The molecule has 0 amide bonds. The maximum atomic E-state index is 12.1. The summed E-state index contributed by atoms with van der Waals surface area (Å²) in [6.07, 6.45) is 0.0347. The molecule has 19 heavy (non-hydrogen) atoms. The molecule has 0 bridgehead atoms. The first-order chi connectivity index (χ1) is 8.83. The summed E-state index contributed by atoms with van der Waals surface area (Å²) in [5.74, 6) is -3.67.